The molecule has 7 nitrogen and oxygen atoms in total. The van der Waals surface area contributed by atoms with Gasteiger partial charge < -0.3 is 14.9 Å². The van der Waals surface area contributed by atoms with Crippen molar-refractivity contribution in [3.63, 3.8) is 0 Å². The summed E-state index contributed by atoms with van der Waals surface area (Å²) >= 11 is 0. The van der Waals surface area contributed by atoms with Crippen molar-refractivity contribution in [3.8, 4) is 0 Å². The molecule has 96 valence electrons. The average molecular weight is 244 g/mol. The lowest BCUT2D eigenvalue weighted by molar-refractivity contribution is -0.0309. The topological polar surface area (TPSA) is 105 Å². The summed E-state index contributed by atoms with van der Waals surface area (Å²) in [5.41, 5.74) is -0.673. The van der Waals surface area contributed by atoms with Crippen LogP contribution in [0.5, 0.6) is 0 Å². The predicted molar refractivity (Wildman–Crippen MR) is 59.8 cm³/mol. The molecule has 1 atom stereocenters. The first kappa shape index (κ1) is 13.6. The van der Waals surface area contributed by atoms with Gasteiger partial charge in [0.15, 0.2) is 0 Å². The van der Waals surface area contributed by atoms with E-state index in [4.69, 9.17) is 14.9 Å². The van der Waals surface area contributed by atoms with Crippen LogP contribution in [0.3, 0.4) is 0 Å². The van der Waals surface area contributed by atoms with Crippen LogP contribution in [-0.2, 0) is 4.74 Å². The van der Waals surface area contributed by atoms with E-state index in [2.05, 4.69) is 4.98 Å². The minimum atomic E-state index is -0.699. The summed E-state index contributed by atoms with van der Waals surface area (Å²) in [5, 5.41) is 17.5. The van der Waals surface area contributed by atoms with Crippen LogP contribution in [0.4, 0.5) is 0 Å². The highest BCUT2D eigenvalue weighted by molar-refractivity contribution is 5.01. The summed E-state index contributed by atoms with van der Waals surface area (Å²) in [5.74, 6) is 0. The van der Waals surface area contributed by atoms with Crippen LogP contribution < -0.4 is 11.2 Å². The Kier molecular flexibility index (Phi) is 5.08. The van der Waals surface area contributed by atoms with Crippen LogP contribution in [0.15, 0.2) is 15.8 Å². The Morgan fingerprint density at radius 1 is 1.41 bits per heavy atom. The van der Waals surface area contributed by atoms with Gasteiger partial charge in [0, 0.05) is 24.8 Å². The van der Waals surface area contributed by atoms with Crippen LogP contribution in [0.1, 0.15) is 18.2 Å². The smallest absolute Gasteiger partial charge is 0.330 e. The van der Waals surface area contributed by atoms with E-state index in [1.807, 2.05) is 0 Å². The summed E-state index contributed by atoms with van der Waals surface area (Å²) in [6, 6.07) is 0. The van der Waals surface area contributed by atoms with Gasteiger partial charge in [-0.2, -0.15) is 0 Å². The summed E-state index contributed by atoms with van der Waals surface area (Å²) in [6.07, 6.45) is 0.875. The zero-order chi connectivity index (χ0) is 12.8. The lowest BCUT2D eigenvalue weighted by atomic mass is 10.3. The fraction of sp³-hybridized carbons (Fsp3) is 0.600. The molecule has 0 saturated heterocycles. The molecule has 0 saturated carbocycles. The van der Waals surface area contributed by atoms with Gasteiger partial charge in [0.25, 0.3) is 5.56 Å². The van der Waals surface area contributed by atoms with Crippen LogP contribution >= 0.6 is 0 Å². The van der Waals surface area contributed by atoms with E-state index in [-0.39, 0.29) is 26.2 Å². The highest BCUT2D eigenvalue weighted by Gasteiger charge is 2.13. The monoisotopic (exact) mass is 244 g/mol. The van der Waals surface area contributed by atoms with Crippen molar-refractivity contribution in [1.29, 1.82) is 0 Å². The first-order valence-corrected chi connectivity index (χ1v) is 5.25. The van der Waals surface area contributed by atoms with Crippen molar-refractivity contribution < 1.29 is 14.9 Å². The predicted octanol–water partition coefficient (Wildman–Crippen LogP) is -1.27. The van der Waals surface area contributed by atoms with E-state index in [1.165, 1.54) is 10.8 Å². The Bertz CT molecular complexity index is 464. The Hall–Kier alpha value is -1.44. The molecular weight excluding hydrogens is 228 g/mol. The Morgan fingerprint density at radius 3 is 2.71 bits per heavy atom. The van der Waals surface area contributed by atoms with Gasteiger partial charge in [-0.1, -0.05) is 0 Å². The largest absolute Gasteiger partial charge is 0.396 e. The van der Waals surface area contributed by atoms with Crippen molar-refractivity contribution in [2.75, 3.05) is 19.8 Å². The third-order valence-corrected chi connectivity index (χ3v) is 2.23. The number of nitrogens with zero attached hydrogens (tertiary/aromatic N) is 1. The normalized spacial score (nSPS) is 12.6. The maximum atomic E-state index is 11.6. The highest BCUT2D eigenvalue weighted by atomic mass is 16.5. The van der Waals surface area contributed by atoms with Crippen molar-refractivity contribution in [1.82, 2.24) is 9.55 Å². The minimum absolute atomic E-state index is 0.0509. The van der Waals surface area contributed by atoms with Crippen molar-refractivity contribution in [3.05, 3.63) is 32.6 Å². The number of hydrogen-bond acceptors (Lipinski definition) is 5. The standard InChI is InChI=1S/C10H16N2O5/c1-7-6-12(10(16)11-9(7)15)8(2-3-13)17-5-4-14/h6,8,13-14H,2-5H2,1H3,(H,11,15,16). The molecule has 1 rings (SSSR count). The minimum Gasteiger partial charge on any atom is -0.396 e. The number of ether oxygens (including phenoxy) is 1. The van der Waals surface area contributed by atoms with E-state index < -0.39 is 17.5 Å². The van der Waals surface area contributed by atoms with Gasteiger partial charge in [0.2, 0.25) is 0 Å². The van der Waals surface area contributed by atoms with Crippen LogP contribution in [0, 0.1) is 6.92 Å². The lowest BCUT2D eigenvalue weighted by Crippen LogP contribution is -2.34. The fourth-order valence-corrected chi connectivity index (χ4v) is 1.40. The van der Waals surface area contributed by atoms with Gasteiger partial charge >= 0.3 is 5.69 Å². The second kappa shape index (κ2) is 6.33. The maximum Gasteiger partial charge on any atom is 0.330 e. The number of rotatable bonds is 6. The number of aryl methyl sites for hydroxylation is 1. The summed E-state index contributed by atoms with van der Waals surface area (Å²) in [4.78, 5) is 24.9. The van der Waals surface area contributed by atoms with Crippen molar-refractivity contribution in [2.45, 2.75) is 19.6 Å². The second-order valence-electron chi connectivity index (χ2n) is 3.54. The fourth-order valence-electron chi connectivity index (χ4n) is 1.40. The van der Waals surface area contributed by atoms with E-state index >= 15 is 0 Å². The van der Waals surface area contributed by atoms with Gasteiger partial charge in [-0.15, -0.1) is 0 Å². The molecule has 3 N–H and O–H groups in total. The molecular formula is C10H16N2O5. The van der Waals surface area contributed by atoms with Gasteiger partial charge in [-0.05, 0) is 6.92 Å². The van der Waals surface area contributed by atoms with Gasteiger partial charge in [-0.3, -0.25) is 14.3 Å². The van der Waals surface area contributed by atoms with E-state index in [1.54, 1.807) is 6.92 Å². The zero-order valence-electron chi connectivity index (χ0n) is 9.55. The molecule has 7 heteroatoms. The molecule has 1 heterocycles. The number of aromatic amines is 1. The van der Waals surface area contributed by atoms with E-state index in [9.17, 15) is 9.59 Å². The molecule has 0 amide bonds. The number of H-pyrrole nitrogens is 1. The molecule has 17 heavy (non-hydrogen) atoms. The molecule has 0 aliphatic carbocycles. The molecule has 0 aromatic carbocycles. The summed E-state index contributed by atoms with van der Waals surface area (Å²) in [7, 11) is 0. The van der Waals surface area contributed by atoms with Crippen LogP contribution in [0.2, 0.25) is 0 Å². The Labute approximate surface area is 97.3 Å². The summed E-state index contributed by atoms with van der Waals surface area (Å²) < 4.78 is 6.42. The molecule has 1 unspecified atom stereocenters. The molecule has 1 aromatic rings. The third kappa shape index (κ3) is 3.52. The molecule has 0 bridgehead atoms. The number of hydrogen-bond donors (Lipinski definition) is 3. The third-order valence-electron chi connectivity index (χ3n) is 2.23. The number of aliphatic hydroxyl groups excluding tert-OH is 2. The lowest BCUT2D eigenvalue weighted by Gasteiger charge is -2.19. The second-order valence-corrected chi connectivity index (χ2v) is 3.54. The number of aromatic nitrogens is 2. The first-order chi connectivity index (χ1) is 8.10. The van der Waals surface area contributed by atoms with Gasteiger partial charge in [-0.25, -0.2) is 4.79 Å². The SMILES string of the molecule is Cc1cn(C(CCO)OCCO)c(=O)[nH]c1=O. The maximum absolute atomic E-state index is 11.6. The van der Waals surface area contributed by atoms with Crippen LogP contribution in [-0.4, -0.2) is 39.6 Å². The quantitative estimate of drug-likeness (QED) is 0.579. The average Bonchev–Trinajstić information content (AvgIpc) is 2.29. The Balaban J connectivity index is 3.04. The molecule has 1 aromatic heterocycles. The Morgan fingerprint density at radius 2 is 2.12 bits per heavy atom. The van der Waals surface area contributed by atoms with Crippen molar-refractivity contribution in [2.24, 2.45) is 0 Å². The van der Waals surface area contributed by atoms with E-state index in [0.717, 1.165) is 0 Å². The molecule has 0 aliphatic heterocycles. The van der Waals surface area contributed by atoms with Gasteiger partial charge in [0.1, 0.15) is 6.23 Å². The number of nitrogens with one attached hydrogen (secondary N) is 1. The summed E-state index contributed by atoms with van der Waals surface area (Å²) in [6.45, 7) is 1.27. The highest BCUT2D eigenvalue weighted by Crippen LogP contribution is 2.09. The number of aliphatic hydroxyl groups is 2. The van der Waals surface area contributed by atoms with Crippen molar-refractivity contribution >= 4 is 0 Å². The molecule has 0 aliphatic rings. The van der Waals surface area contributed by atoms with Gasteiger partial charge in [0.05, 0.1) is 13.2 Å². The molecule has 0 radical (unpaired) electrons. The van der Waals surface area contributed by atoms with E-state index in [0.29, 0.717) is 5.56 Å². The zero-order valence-corrected chi connectivity index (χ0v) is 9.55. The molecule has 0 spiro atoms. The first-order valence-electron chi connectivity index (χ1n) is 5.25. The molecule has 0 fully saturated rings. The van der Waals surface area contributed by atoms with Crippen LogP contribution in [0.25, 0.3) is 0 Å².